The Balaban J connectivity index is 2.36. The minimum atomic E-state index is -0.220. The molecule has 0 fully saturated rings. The number of esters is 1. The second-order valence-corrected chi connectivity index (χ2v) is 4.17. The van der Waals surface area contributed by atoms with Crippen LogP contribution in [-0.4, -0.2) is 17.6 Å². The summed E-state index contributed by atoms with van der Waals surface area (Å²) in [5.41, 5.74) is 1.87. The number of para-hydroxylation sites is 1. The van der Waals surface area contributed by atoms with Crippen LogP contribution in [0.15, 0.2) is 36.5 Å². The molecule has 0 spiro atoms. The van der Waals surface area contributed by atoms with Gasteiger partial charge in [-0.1, -0.05) is 25.1 Å². The maximum absolute atomic E-state index is 11.9. The van der Waals surface area contributed by atoms with E-state index in [1.807, 2.05) is 44.2 Å². The normalized spacial score (nSPS) is 12.3. The third-order valence-corrected chi connectivity index (χ3v) is 2.99. The predicted octanol–water partition coefficient (Wildman–Crippen LogP) is 3.29. The first kappa shape index (κ1) is 12.6. The number of ether oxygens (including phenoxy) is 1. The number of hydrogen-bond acceptors (Lipinski definition) is 3. The van der Waals surface area contributed by atoms with Crippen molar-refractivity contribution >= 4 is 16.9 Å². The van der Waals surface area contributed by atoms with Gasteiger partial charge in [0.25, 0.3) is 0 Å². The number of carbonyl (C=O) groups excluding carboxylic acids is 1. The van der Waals surface area contributed by atoms with Gasteiger partial charge in [0.05, 0.1) is 18.0 Å². The number of hydrogen-bond donors (Lipinski definition) is 0. The van der Waals surface area contributed by atoms with Crippen LogP contribution in [0.3, 0.4) is 0 Å². The summed E-state index contributed by atoms with van der Waals surface area (Å²) in [5, 5.41) is 1.05. The highest BCUT2D eigenvalue weighted by Gasteiger charge is 2.20. The molecule has 0 saturated carbocycles. The van der Waals surface area contributed by atoms with Gasteiger partial charge in [-0.25, -0.2) is 0 Å². The molecule has 1 aromatic heterocycles. The Hall–Kier alpha value is -1.90. The zero-order valence-electron chi connectivity index (χ0n) is 10.7. The molecule has 0 aliphatic carbocycles. The molecule has 0 saturated heterocycles. The van der Waals surface area contributed by atoms with Crippen molar-refractivity contribution in [3.05, 3.63) is 42.1 Å². The highest BCUT2D eigenvalue weighted by molar-refractivity contribution is 5.82. The van der Waals surface area contributed by atoms with Crippen molar-refractivity contribution in [1.29, 1.82) is 0 Å². The van der Waals surface area contributed by atoms with E-state index in [1.165, 1.54) is 0 Å². The van der Waals surface area contributed by atoms with Gasteiger partial charge in [0.2, 0.25) is 0 Å². The lowest BCUT2D eigenvalue weighted by Crippen LogP contribution is -2.15. The van der Waals surface area contributed by atoms with Gasteiger partial charge in [-0.15, -0.1) is 0 Å². The third-order valence-electron chi connectivity index (χ3n) is 2.99. The summed E-state index contributed by atoms with van der Waals surface area (Å²) in [6.45, 7) is 4.22. The zero-order chi connectivity index (χ0) is 13.0. The van der Waals surface area contributed by atoms with Crippen molar-refractivity contribution in [3.8, 4) is 0 Å². The summed E-state index contributed by atoms with van der Waals surface area (Å²) in [7, 11) is 0. The molecule has 94 valence electrons. The van der Waals surface area contributed by atoms with Crippen LogP contribution in [0.25, 0.3) is 10.9 Å². The van der Waals surface area contributed by atoms with Crippen molar-refractivity contribution < 1.29 is 9.53 Å². The van der Waals surface area contributed by atoms with Gasteiger partial charge in [-0.3, -0.25) is 9.78 Å². The maximum atomic E-state index is 11.9. The van der Waals surface area contributed by atoms with Crippen molar-refractivity contribution in [2.75, 3.05) is 6.61 Å². The van der Waals surface area contributed by atoms with Gasteiger partial charge in [0.15, 0.2) is 0 Å². The van der Waals surface area contributed by atoms with Gasteiger partial charge in [-0.2, -0.15) is 0 Å². The second kappa shape index (κ2) is 5.63. The Morgan fingerprint density at radius 1 is 1.33 bits per heavy atom. The fourth-order valence-corrected chi connectivity index (χ4v) is 2.06. The molecule has 0 amide bonds. The van der Waals surface area contributed by atoms with Gasteiger partial charge < -0.3 is 4.74 Å². The van der Waals surface area contributed by atoms with Gasteiger partial charge in [-0.05, 0) is 31.0 Å². The van der Waals surface area contributed by atoms with Crippen molar-refractivity contribution in [2.45, 2.75) is 26.2 Å². The average Bonchev–Trinajstić information content (AvgIpc) is 2.40. The molecule has 2 rings (SSSR count). The first-order valence-electron chi connectivity index (χ1n) is 6.27. The fraction of sp³-hybridized carbons (Fsp3) is 0.333. The minimum Gasteiger partial charge on any atom is -0.466 e. The van der Waals surface area contributed by atoms with E-state index in [2.05, 4.69) is 4.98 Å². The largest absolute Gasteiger partial charge is 0.466 e. The Bertz CT molecular complexity index is 551. The molecule has 3 nitrogen and oxygen atoms in total. The lowest BCUT2D eigenvalue weighted by Gasteiger charge is -2.14. The third kappa shape index (κ3) is 2.50. The van der Waals surface area contributed by atoms with Crippen molar-refractivity contribution in [2.24, 2.45) is 0 Å². The molecule has 0 radical (unpaired) electrons. The lowest BCUT2D eigenvalue weighted by molar-refractivity contribution is -0.145. The molecule has 18 heavy (non-hydrogen) atoms. The van der Waals surface area contributed by atoms with E-state index in [0.717, 1.165) is 22.9 Å². The Labute approximate surface area is 107 Å². The SMILES string of the molecule is CCOC(=O)C(CC)c1cnc2ccccc2c1. The smallest absolute Gasteiger partial charge is 0.313 e. The molecule has 3 heteroatoms. The van der Waals surface area contributed by atoms with Gasteiger partial charge in [0.1, 0.15) is 0 Å². The summed E-state index contributed by atoms with van der Waals surface area (Å²) in [6, 6.07) is 9.92. The number of aromatic nitrogens is 1. The number of benzene rings is 1. The summed E-state index contributed by atoms with van der Waals surface area (Å²) in [4.78, 5) is 16.2. The van der Waals surface area contributed by atoms with E-state index in [0.29, 0.717) is 6.61 Å². The van der Waals surface area contributed by atoms with Gasteiger partial charge in [0, 0.05) is 11.6 Å². The first-order chi connectivity index (χ1) is 8.76. The Morgan fingerprint density at radius 2 is 2.11 bits per heavy atom. The van der Waals surface area contributed by atoms with Crippen LogP contribution in [0.2, 0.25) is 0 Å². The minimum absolute atomic E-state index is 0.169. The number of fused-ring (bicyclic) bond motifs is 1. The molecule has 1 unspecified atom stereocenters. The van der Waals surface area contributed by atoms with E-state index in [4.69, 9.17) is 4.74 Å². The average molecular weight is 243 g/mol. The molecule has 1 heterocycles. The number of carbonyl (C=O) groups is 1. The number of pyridine rings is 1. The quantitative estimate of drug-likeness (QED) is 0.773. The van der Waals surface area contributed by atoms with E-state index < -0.39 is 0 Å². The van der Waals surface area contributed by atoms with Crippen LogP contribution in [0.1, 0.15) is 31.7 Å². The first-order valence-corrected chi connectivity index (χ1v) is 6.27. The predicted molar refractivity (Wildman–Crippen MR) is 71.4 cm³/mol. The number of rotatable bonds is 4. The maximum Gasteiger partial charge on any atom is 0.313 e. The highest BCUT2D eigenvalue weighted by atomic mass is 16.5. The van der Waals surface area contributed by atoms with E-state index in [1.54, 1.807) is 6.20 Å². The molecular formula is C15H17NO2. The Kier molecular flexibility index (Phi) is 3.92. The summed E-state index contributed by atoms with van der Waals surface area (Å²) in [6.07, 6.45) is 2.49. The van der Waals surface area contributed by atoms with Crippen LogP contribution >= 0.6 is 0 Å². The fourth-order valence-electron chi connectivity index (χ4n) is 2.06. The van der Waals surface area contributed by atoms with Crippen LogP contribution in [0.5, 0.6) is 0 Å². The van der Waals surface area contributed by atoms with Crippen molar-refractivity contribution in [3.63, 3.8) is 0 Å². The van der Waals surface area contributed by atoms with E-state index in [-0.39, 0.29) is 11.9 Å². The van der Waals surface area contributed by atoms with Crippen LogP contribution in [0.4, 0.5) is 0 Å². The van der Waals surface area contributed by atoms with Gasteiger partial charge >= 0.3 is 5.97 Å². The second-order valence-electron chi connectivity index (χ2n) is 4.17. The Morgan fingerprint density at radius 3 is 2.83 bits per heavy atom. The molecule has 0 N–H and O–H groups in total. The zero-order valence-corrected chi connectivity index (χ0v) is 10.7. The standard InChI is InChI=1S/C15H17NO2/c1-3-13(15(17)18-4-2)12-9-11-7-5-6-8-14(11)16-10-12/h5-10,13H,3-4H2,1-2H3. The summed E-state index contributed by atoms with van der Waals surface area (Å²) in [5.74, 6) is -0.390. The molecular weight excluding hydrogens is 226 g/mol. The van der Waals surface area contributed by atoms with Crippen LogP contribution in [-0.2, 0) is 9.53 Å². The molecule has 0 bridgehead atoms. The topological polar surface area (TPSA) is 39.2 Å². The molecule has 1 aromatic carbocycles. The van der Waals surface area contributed by atoms with Crippen LogP contribution in [0, 0.1) is 0 Å². The lowest BCUT2D eigenvalue weighted by atomic mass is 9.97. The molecule has 0 aliphatic heterocycles. The van der Waals surface area contributed by atoms with Crippen molar-refractivity contribution in [1.82, 2.24) is 4.98 Å². The van der Waals surface area contributed by atoms with Crippen LogP contribution < -0.4 is 0 Å². The number of nitrogens with zero attached hydrogens (tertiary/aromatic N) is 1. The summed E-state index contributed by atoms with van der Waals surface area (Å²) < 4.78 is 5.09. The molecule has 0 aliphatic rings. The van der Waals surface area contributed by atoms with E-state index >= 15 is 0 Å². The van der Waals surface area contributed by atoms with E-state index in [9.17, 15) is 4.79 Å². The molecule has 2 aromatic rings. The molecule has 1 atom stereocenters. The highest BCUT2D eigenvalue weighted by Crippen LogP contribution is 2.23. The monoisotopic (exact) mass is 243 g/mol. The summed E-state index contributed by atoms with van der Waals surface area (Å²) >= 11 is 0.